The molecule has 2 aliphatic rings. The molecule has 1 aliphatic heterocycles. The molecule has 0 unspecified atom stereocenters. The van der Waals surface area contributed by atoms with Crippen LogP contribution >= 0.6 is 0 Å². The Kier molecular flexibility index (Phi) is 5.26. The Bertz CT molecular complexity index is 1350. The molecule has 0 amide bonds. The third-order valence-corrected chi connectivity index (χ3v) is 7.39. The number of aromatic amines is 1. The molecule has 0 atom stereocenters. The van der Waals surface area contributed by atoms with Gasteiger partial charge in [0.2, 0.25) is 0 Å². The van der Waals surface area contributed by atoms with Gasteiger partial charge in [-0.1, -0.05) is 13.8 Å². The van der Waals surface area contributed by atoms with E-state index in [-0.39, 0.29) is 17.7 Å². The average molecular weight is 465 g/mol. The van der Waals surface area contributed by atoms with Crippen molar-refractivity contribution in [1.29, 1.82) is 0 Å². The number of hydrogen-bond acceptors (Lipinski definition) is 6. The van der Waals surface area contributed by atoms with Crippen molar-refractivity contribution < 1.29 is 13.9 Å². The normalized spacial score (nSPS) is 21.4. The molecule has 4 aromatic rings. The lowest BCUT2D eigenvalue weighted by Crippen LogP contribution is -2.48. The number of methoxy groups -OCH3 is 1. The van der Waals surface area contributed by atoms with Crippen LogP contribution in [-0.4, -0.2) is 56.1 Å². The van der Waals surface area contributed by atoms with E-state index in [0.29, 0.717) is 34.0 Å². The zero-order valence-corrected chi connectivity index (χ0v) is 19.7. The van der Waals surface area contributed by atoms with Crippen LogP contribution in [0, 0.1) is 5.82 Å². The van der Waals surface area contributed by atoms with Crippen LogP contribution in [0.25, 0.3) is 27.8 Å². The maximum atomic E-state index is 16.1. The number of aromatic nitrogens is 5. The standard InChI is InChI=1S/C25H29FN6O2/c1-14(2)20-21-18(30-23(20)16-8-19(33-3)25-28-11-29-32(25)10-16)9-27-24(22(21)26)15-4-6-17(7-5-15)31-12-34-13-31/h8-11,14-15,17,30H,4-7,12-13H2,1-3H3. The van der Waals surface area contributed by atoms with E-state index < -0.39 is 0 Å². The Hall–Kier alpha value is -3.04. The summed E-state index contributed by atoms with van der Waals surface area (Å²) in [6.07, 6.45) is 9.20. The molecule has 178 valence electrons. The molecule has 6 rings (SSSR count). The lowest BCUT2D eigenvalue weighted by Gasteiger charge is -2.41. The molecule has 5 heterocycles. The monoisotopic (exact) mass is 464 g/mol. The van der Waals surface area contributed by atoms with Crippen LogP contribution in [0.4, 0.5) is 4.39 Å². The van der Waals surface area contributed by atoms with Gasteiger partial charge in [-0.15, -0.1) is 0 Å². The van der Waals surface area contributed by atoms with Gasteiger partial charge in [0, 0.05) is 29.1 Å². The second kappa shape index (κ2) is 8.32. The predicted molar refractivity (Wildman–Crippen MR) is 126 cm³/mol. The van der Waals surface area contributed by atoms with Crippen molar-refractivity contribution in [2.75, 3.05) is 20.6 Å². The van der Waals surface area contributed by atoms with E-state index in [1.54, 1.807) is 17.8 Å². The maximum Gasteiger partial charge on any atom is 0.197 e. The van der Waals surface area contributed by atoms with Gasteiger partial charge in [-0.25, -0.2) is 13.9 Å². The Morgan fingerprint density at radius 1 is 1.18 bits per heavy atom. The summed E-state index contributed by atoms with van der Waals surface area (Å²) in [6, 6.07) is 2.47. The SMILES string of the molecule is COc1cc(-c2[nH]c3cnc(C4CCC(N5COC5)CC4)c(F)c3c2C(C)C)cn2ncnc12. The van der Waals surface area contributed by atoms with Crippen LogP contribution in [0.1, 0.15) is 62.6 Å². The van der Waals surface area contributed by atoms with Crippen LogP contribution < -0.4 is 4.74 Å². The van der Waals surface area contributed by atoms with Crippen LogP contribution in [0.3, 0.4) is 0 Å². The van der Waals surface area contributed by atoms with Gasteiger partial charge in [0.15, 0.2) is 17.2 Å². The number of H-pyrrole nitrogens is 1. The number of fused-ring (bicyclic) bond motifs is 2. The minimum absolute atomic E-state index is 0.105. The van der Waals surface area contributed by atoms with Crippen molar-refractivity contribution >= 4 is 16.6 Å². The van der Waals surface area contributed by atoms with Gasteiger partial charge < -0.3 is 14.5 Å². The first-order valence-corrected chi connectivity index (χ1v) is 11.9. The number of hydrogen-bond donors (Lipinski definition) is 1. The number of ether oxygens (including phenoxy) is 2. The van der Waals surface area contributed by atoms with E-state index in [1.807, 2.05) is 12.3 Å². The lowest BCUT2D eigenvalue weighted by atomic mass is 9.82. The van der Waals surface area contributed by atoms with Gasteiger partial charge in [0.25, 0.3) is 0 Å². The molecule has 8 nitrogen and oxygen atoms in total. The molecular weight excluding hydrogens is 435 g/mol. The molecule has 0 spiro atoms. The van der Waals surface area contributed by atoms with E-state index in [4.69, 9.17) is 9.47 Å². The first kappa shape index (κ1) is 21.5. The minimum Gasteiger partial charge on any atom is -0.493 e. The predicted octanol–water partition coefficient (Wildman–Crippen LogP) is 4.82. The molecule has 1 saturated carbocycles. The maximum absolute atomic E-state index is 16.1. The molecule has 1 saturated heterocycles. The van der Waals surface area contributed by atoms with E-state index >= 15 is 4.39 Å². The highest BCUT2D eigenvalue weighted by atomic mass is 19.1. The Morgan fingerprint density at radius 2 is 1.97 bits per heavy atom. The average Bonchev–Trinajstić information content (AvgIpc) is 3.43. The third-order valence-electron chi connectivity index (χ3n) is 7.39. The number of rotatable bonds is 5. The van der Waals surface area contributed by atoms with Crippen molar-refractivity contribution in [3.8, 4) is 17.0 Å². The van der Waals surface area contributed by atoms with Gasteiger partial charge in [0.05, 0.1) is 30.2 Å². The highest BCUT2D eigenvalue weighted by Crippen LogP contribution is 2.42. The molecule has 1 aliphatic carbocycles. The first-order valence-electron chi connectivity index (χ1n) is 11.9. The second-order valence-corrected chi connectivity index (χ2v) is 9.70. The fourth-order valence-electron chi connectivity index (χ4n) is 5.58. The fraction of sp³-hybridized carbons (Fsp3) is 0.480. The number of halogens is 1. The van der Waals surface area contributed by atoms with Crippen molar-refractivity contribution in [3.63, 3.8) is 0 Å². The first-order chi connectivity index (χ1) is 16.5. The number of nitrogens with one attached hydrogen (secondary N) is 1. The van der Waals surface area contributed by atoms with Gasteiger partial charge in [0.1, 0.15) is 19.8 Å². The molecule has 0 bridgehead atoms. The summed E-state index contributed by atoms with van der Waals surface area (Å²) in [5, 5.41) is 4.92. The summed E-state index contributed by atoms with van der Waals surface area (Å²) in [6.45, 7) is 5.64. The van der Waals surface area contributed by atoms with Gasteiger partial charge in [-0.05, 0) is 43.2 Å². The molecule has 4 aromatic heterocycles. The van der Waals surface area contributed by atoms with Gasteiger partial charge >= 0.3 is 0 Å². The highest BCUT2D eigenvalue weighted by Gasteiger charge is 2.32. The summed E-state index contributed by atoms with van der Waals surface area (Å²) < 4.78 is 28.7. The van der Waals surface area contributed by atoms with Crippen molar-refractivity contribution in [2.45, 2.75) is 57.4 Å². The summed E-state index contributed by atoms with van der Waals surface area (Å²) >= 11 is 0. The van der Waals surface area contributed by atoms with Crippen LogP contribution in [0.2, 0.25) is 0 Å². The zero-order valence-electron chi connectivity index (χ0n) is 19.7. The van der Waals surface area contributed by atoms with E-state index in [2.05, 4.69) is 38.8 Å². The second-order valence-electron chi connectivity index (χ2n) is 9.70. The quantitative estimate of drug-likeness (QED) is 0.456. The van der Waals surface area contributed by atoms with Gasteiger partial charge in [-0.2, -0.15) is 5.10 Å². The van der Waals surface area contributed by atoms with E-state index in [9.17, 15) is 0 Å². The molecule has 34 heavy (non-hydrogen) atoms. The number of pyridine rings is 2. The molecule has 2 fully saturated rings. The summed E-state index contributed by atoms with van der Waals surface area (Å²) in [5.41, 5.74) is 4.63. The van der Waals surface area contributed by atoms with Crippen LogP contribution in [0.5, 0.6) is 5.75 Å². The zero-order chi connectivity index (χ0) is 23.4. The minimum atomic E-state index is -0.187. The largest absolute Gasteiger partial charge is 0.493 e. The smallest absolute Gasteiger partial charge is 0.197 e. The topological polar surface area (TPSA) is 80.6 Å². The fourth-order valence-corrected chi connectivity index (χ4v) is 5.58. The third kappa shape index (κ3) is 3.37. The Morgan fingerprint density at radius 3 is 2.65 bits per heavy atom. The molecule has 0 radical (unpaired) electrons. The summed E-state index contributed by atoms with van der Waals surface area (Å²) in [7, 11) is 1.61. The summed E-state index contributed by atoms with van der Waals surface area (Å²) in [4.78, 5) is 14.7. The highest BCUT2D eigenvalue weighted by molar-refractivity contribution is 5.92. The molecule has 1 N–H and O–H groups in total. The van der Waals surface area contributed by atoms with Crippen LogP contribution in [-0.2, 0) is 4.74 Å². The van der Waals surface area contributed by atoms with Crippen LogP contribution in [0.15, 0.2) is 24.8 Å². The molecular formula is C25H29FN6O2. The van der Waals surface area contributed by atoms with E-state index in [1.165, 1.54) is 6.33 Å². The molecule has 9 heteroatoms. The van der Waals surface area contributed by atoms with Crippen molar-refractivity contribution in [3.05, 3.63) is 41.9 Å². The Labute approximate surface area is 197 Å². The van der Waals surface area contributed by atoms with Crippen molar-refractivity contribution in [2.24, 2.45) is 0 Å². The van der Waals surface area contributed by atoms with Crippen molar-refractivity contribution in [1.82, 2.24) is 29.5 Å². The Balaban J connectivity index is 1.42. The summed E-state index contributed by atoms with van der Waals surface area (Å²) in [5.74, 6) is 0.682. The van der Waals surface area contributed by atoms with E-state index in [0.717, 1.165) is 56.0 Å². The van der Waals surface area contributed by atoms with Gasteiger partial charge in [-0.3, -0.25) is 9.88 Å². The molecule has 0 aromatic carbocycles. The number of nitrogens with zero attached hydrogens (tertiary/aromatic N) is 5. The lowest BCUT2D eigenvalue weighted by molar-refractivity contribution is -0.170.